The Morgan fingerprint density at radius 2 is 1.67 bits per heavy atom. The maximum Gasteiger partial charge on any atom is 0.343 e. The van der Waals surface area contributed by atoms with Gasteiger partial charge in [0.1, 0.15) is 5.76 Å². The molecule has 104 valence electrons. The summed E-state index contributed by atoms with van der Waals surface area (Å²) in [6, 6.07) is 15.6. The zero-order valence-electron chi connectivity index (χ0n) is 10.8. The molecule has 0 aliphatic carbocycles. The molecule has 2 nitrogen and oxygen atoms in total. The minimum Gasteiger partial charge on any atom is -0.422 e. The first kappa shape index (κ1) is 14.5. The van der Waals surface area contributed by atoms with Crippen molar-refractivity contribution in [3.05, 3.63) is 79.3 Å². The molecule has 0 spiro atoms. The van der Waals surface area contributed by atoms with Gasteiger partial charge in [0.15, 0.2) is 0 Å². The quantitative estimate of drug-likeness (QED) is 0.362. The molecule has 0 radical (unpaired) electrons. The Balaban J connectivity index is 1.91. The van der Waals surface area contributed by atoms with Crippen LogP contribution in [0.15, 0.2) is 64.7 Å². The number of carbonyl (C=O) groups is 1. The molecule has 1 aliphatic rings. The lowest BCUT2D eigenvalue weighted by atomic mass is 10.1. The van der Waals surface area contributed by atoms with E-state index >= 15 is 0 Å². The molecule has 21 heavy (non-hydrogen) atoms. The van der Waals surface area contributed by atoms with Gasteiger partial charge in [0, 0.05) is 13.6 Å². The minimum atomic E-state index is -0.313. The van der Waals surface area contributed by atoms with Crippen LogP contribution >= 0.6 is 38.5 Å². The SMILES string of the molecule is O=C1OC(c2ccc(Br)cc2)=C/C1=C\c1ccc(I)cc1. The van der Waals surface area contributed by atoms with Crippen molar-refractivity contribution in [1.29, 1.82) is 0 Å². The highest BCUT2D eigenvalue weighted by Crippen LogP contribution is 2.28. The van der Waals surface area contributed by atoms with Crippen LogP contribution in [-0.4, -0.2) is 5.97 Å². The van der Waals surface area contributed by atoms with Crippen LogP contribution in [0.1, 0.15) is 11.1 Å². The number of benzene rings is 2. The molecular weight excluding hydrogens is 443 g/mol. The zero-order valence-corrected chi connectivity index (χ0v) is 14.6. The van der Waals surface area contributed by atoms with E-state index in [4.69, 9.17) is 4.74 Å². The van der Waals surface area contributed by atoms with E-state index in [0.717, 1.165) is 19.2 Å². The van der Waals surface area contributed by atoms with Gasteiger partial charge in [-0.15, -0.1) is 0 Å². The Morgan fingerprint density at radius 3 is 2.33 bits per heavy atom. The highest BCUT2D eigenvalue weighted by molar-refractivity contribution is 14.1. The predicted octanol–water partition coefficient (Wildman–Crippen LogP) is 5.04. The number of esters is 1. The molecule has 0 atom stereocenters. The lowest BCUT2D eigenvalue weighted by Gasteiger charge is -2.01. The highest BCUT2D eigenvalue weighted by atomic mass is 127. The third kappa shape index (κ3) is 3.44. The van der Waals surface area contributed by atoms with E-state index in [1.165, 1.54) is 0 Å². The maximum absolute atomic E-state index is 11.9. The van der Waals surface area contributed by atoms with E-state index in [0.29, 0.717) is 11.3 Å². The van der Waals surface area contributed by atoms with Gasteiger partial charge < -0.3 is 4.74 Å². The molecule has 2 aromatic rings. The molecule has 4 heteroatoms. The summed E-state index contributed by atoms with van der Waals surface area (Å²) in [5, 5.41) is 0. The maximum atomic E-state index is 11.9. The summed E-state index contributed by atoms with van der Waals surface area (Å²) in [5.74, 6) is 0.274. The number of hydrogen-bond acceptors (Lipinski definition) is 2. The lowest BCUT2D eigenvalue weighted by molar-refractivity contribution is -0.130. The van der Waals surface area contributed by atoms with Crippen LogP contribution in [0.25, 0.3) is 11.8 Å². The van der Waals surface area contributed by atoms with Crippen molar-refractivity contribution in [3.63, 3.8) is 0 Å². The Bertz CT molecular complexity index is 743. The van der Waals surface area contributed by atoms with Crippen molar-refractivity contribution < 1.29 is 9.53 Å². The third-order valence-electron chi connectivity index (χ3n) is 3.05. The van der Waals surface area contributed by atoms with Gasteiger partial charge in [-0.05, 0) is 64.6 Å². The molecule has 2 aromatic carbocycles. The smallest absolute Gasteiger partial charge is 0.343 e. The average Bonchev–Trinajstić information content (AvgIpc) is 2.83. The molecule has 0 aromatic heterocycles. The fourth-order valence-electron chi connectivity index (χ4n) is 1.98. The highest BCUT2D eigenvalue weighted by Gasteiger charge is 2.21. The molecule has 1 aliphatic heterocycles. The van der Waals surface area contributed by atoms with Gasteiger partial charge in [-0.2, -0.15) is 0 Å². The first-order valence-corrected chi connectivity index (χ1v) is 8.16. The fraction of sp³-hybridized carbons (Fsp3) is 0. The van der Waals surface area contributed by atoms with Crippen molar-refractivity contribution in [1.82, 2.24) is 0 Å². The first-order chi connectivity index (χ1) is 10.1. The predicted molar refractivity (Wildman–Crippen MR) is 95.3 cm³/mol. The zero-order chi connectivity index (χ0) is 14.8. The van der Waals surface area contributed by atoms with E-state index in [-0.39, 0.29) is 5.97 Å². The van der Waals surface area contributed by atoms with Crippen LogP contribution in [-0.2, 0) is 9.53 Å². The van der Waals surface area contributed by atoms with E-state index in [9.17, 15) is 4.79 Å². The molecule has 0 amide bonds. The van der Waals surface area contributed by atoms with Crippen LogP contribution in [0.3, 0.4) is 0 Å². The number of halogens is 2. The van der Waals surface area contributed by atoms with Crippen molar-refractivity contribution >= 4 is 56.3 Å². The van der Waals surface area contributed by atoms with Gasteiger partial charge in [0.25, 0.3) is 0 Å². The second kappa shape index (κ2) is 6.15. The molecule has 0 N–H and O–H groups in total. The largest absolute Gasteiger partial charge is 0.422 e. The van der Waals surface area contributed by atoms with Gasteiger partial charge in [-0.25, -0.2) is 4.79 Å². The van der Waals surface area contributed by atoms with Gasteiger partial charge in [-0.1, -0.05) is 40.2 Å². The molecule has 0 saturated carbocycles. The summed E-state index contributed by atoms with van der Waals surface area (Å²) in [5.41, 5.74) is 2.43. The van der Waals surface area contributed by atoms with E-state index in [2.05, 4.69) is 38.5 Å². The number of hydrogen-bond donors (Lipinski definition) is 0. The van der Waals surface area contributed by atoms with E-state index in [1.807, 2.05) is 54.6 Å². The first-order valence-electron chi connectivity index (χ1n) is 6.29. The Morgan fingerprint density at radius 1 is 1.00 bits per heavy atom. The number of cyclic esters (lactones) is 1. The normalized spacial score (nSPS) is 16.0. The number of carbonyl (C=O) groups excluding carboxylic acids is 1. The molecular formula is C17H10BrIO2. The summed E-state index contributed by atoms with van der Waals surface area (Å²) >= 11 is 5.64. The Labute approximate surface area is 144 Å². The van der Waals surface area contributed by atoms with Crippen molar-refractivity contribution in [3.8, 4) is 0 Å². The van der Waals surface area contributed by atoms with E-state index in [1.54, 1.807) is 6.08 Å². The molecule has 0 unspecified atom stereocenters. The van der Waals surface area contributed by atoms with Gasteiger partial charge in [0.05, 0.1) is 5.57 Å². The molecule has 0 saturated heterocycles. The van der Waals surface area contributed by atoms with Crippen LogP contribution in [0.2, 0.25) is 0 Å². The Hall–Kier alpha value is -1.40. The Kier molecular flexibility index (Phi) is 4.26. The average molecular weight is 453 g/mol. The molecule has 0 fully saturated rings. The molecule has 1 heterocycles. The molecule has 3 rings (SSSR count). The fourth-order valence-corrected chi connectivity index (χ4v) is 2.61. The summed E-state index contributed by atoms with van der Waals surface area (Å²) < 4.78 is 7.49. The van der Waals surface area contributed by atoms with Crippen LogP contribution in [0.5, 0.6) is 0 Å². The number of ether oxygens (including phenoxy) is 1. The van der Waals surface area contributed by atoms with Gasteiger partial charge in [0.2, 0.25) is 0 Å². The minimum absolute atomic E-state index is 0.313. The summed E-state index contributed by atoms with van der Waals surface area (Å²) in [6.45, 7) is 0. The second-order valence-electron chi connectivity index (χ2n) is 4.56. The second-order valence-corrected chi connectivity index (χ2v) is 6.72. The standard InChI is InChI=1S/C17H10BrIO2/c18-14-5-3-12(4-6-14)16-10-13(17(20)21-16)9-11-1-7-15(19)8-2-11/h1-10H/b13-9+. The molecule has 0 bridgehead atoms. The van der Waals surface area contributed by atoms with Crippen LogP contribution in [0.4, 0.5) is 0 Å². The van der Waals surface area contributed by atoms with Crippen molar-refractivity contribution in [2.45, 2.75) is 0 Å². The van der Waals surface area contributed by atoms with Crippen LogP contribution in [0, 0.1) is 3.57 Å². The lowest BCUT2D eigenvalue weighted by Crippen LogP contribution is -1.97. The van der Waals surface area contributed by atoms with Crippen molar-refractivity contribution in [2.24, 2.45) is 0 Å². The third-order valence-corrected chi connectivity index (χ3v) is 4.29. The van der Waals surface area contributed by atoms with Crippen LogP contribution < -0.4 is 0 Å². The van der Waals surface area contributed by atoms with Gasteiger partial charge in [-0.3, -0.25) is 0 Å². The summed E-state index contributed by atoms with van der Waals surface area (Å²) in [4.78, 5) is 11.9. The van der Waals surface area contributed by atoms with Gasteiger partial charge >= 0.3 is 5.97 Å². The number of rotatable bonds is 2. The van der Waals surface area contributed by atoms with Crippen molar-refractivity contribution in [2.75, 3.05) is 0 Å². The summed E-state index contributed by atoms with van der Waals surface area (Å²) in [7, 11) is 0. The van der Waals surface area contributed by atoms with E-state index < -0.39 is 0 Å². The summed E-state index contributed by atoms with van der Waals surface area (Å²) in [6.07, 6.45) is 3.62. The monoisotopic (exact) mass is 452 g/mol. The topological polar surface area (TPSA) is 26.3 Å².